The molecule has 1 N–H and O–H groups in total. The third kappa shape index (κ3) is 6.55. The van der Waals surface area contributed by atoms with Crippen molar-refractivity contribution in [3.63, 3.8) is 0 Å². The van der Waals surface area contributed by atoms with E-state index < -0.39 is 10.8 Å². The molecule has 1 heterocycles. The first kappa shape index (κ1) is 25.5. The highest BCUT2D eigenvalue weighted by Gasteiger charge is 2.17. The fourth-order valence-corrected chi connectivity index (χ4v) is 3.64. The molecule has 0 fully saturated rings. The third-order valence-corrected chi connectivity index (χ3v) is 5.74. The minimum Gasteiger partial charge on any atom is -0.486 e. The van der Waals surface area contributed by atoms with Gasteiger partial charge in [-0.3, -0.25) is 14.9 Å². The van der Waals surface area contributed by atoms with Gasteiger partial charge in [0.25, 0.3) is 11.6 Å². The van der Waals surface area contributed by atoms with Crippen LogP contribution in [0, 0.1) is 24.0 Å². The Kier molecular flexibility index (Phi) is 7.57. The molecule has 4 aromatic rings. The van der Waals surface area contributed by atoms with Crippen LogP contribution in [0.1, 0.15) is 52.8 Å². The zero-order valence-electron chi connectivity index (χ0n) is 21.1. The maximum Gasteiger partial charge on any atom is 0.291 e. The number of furan rings is 1. The number of benzene rings is 3. The van der Waals surface area contributed by atoms with E-state index in [4.69, 9.17) is 13.9 Å². The number of anilines is 1. The zero-order valence-corrected chi connectivity index (χ0v) is 21.1. The van der Waals surface area contributed by atoms with Gasteiger partial charge in [0.1, 0.15) is 29.6 Å². The molecule has 0 aliphatic carbocycles. The third-order valence-electron chi connectivity index (χ3n) is 5.74. The minimum absolute atomic E-state index is 0.0530. The van der Waals surface area contributed by atoms with Gasteiger partial charge in [0.2, 0.25) is 0 Å². The molecule has 8 nitrogen and oxygen atoms in total. The second-order valence-electron chi connectivity index (χ2n) is 9.08. The highest BCUT2D eigenvalue weighted by atomic mass is 16.6. The number of amides is 1. The average Bonchev–Trinajstić information content (AvgIpc) is 3.34. The molecular formula is C29H28N2O6. The van der Waals surface area contributed by atoms with Crippen LogP contribution in [0.4, 0.5) is 11.4 Å². The van der Waals surface area contributed by atoms with Gasteiger partial charge in [-0.2, -0.15) is 0 Å². The van der Waals surface area contributed by atoms with Gasteiger partial charge in [0.05, 0.1) is 16.7 Å². The summed E-state index contributed by atoms with van der Waals surface area (Å²) in [5.74, 6) is 1.90. The maximum absolute atomic E-state index is 12.8. The first-order valence-corrected chi connectivity index (χ1v) is 11.9. The van der Waals surface area contributed by atoms with E-state index in [2.05, 4.69) is 19.2 Å². The van der Waals surface area contributed by atoms with E-state index in [1.165, 1.54) is 29.8 Å². The van der Waals surface area contributed by atoms with Gasteiger partial charge in [-0.25, -0.2) is 0 Å². The molecule has 37 heavy (non-hydrogen) atoms. The summed E-state index contributed by atoms with van der Waals surface area (Å²) in [5, 5.41) is 14.1. The van der Waals surface area contributed by atoms with Crippen molar-refractivity contribution in [1.82, 2.24) is 0 Å². The molecule has 1 amide bonds. The van der Waals surface area contributed by atoms with Crippen LogP contribution < -0.4 is 14.8 Å². The fourth-order valence-electron chi connectivity index (χ4n) is 3.64. The Hall–Kier alpha value is -4.59. The summed E-state index contributed by atoms with van der Waals surface area (Å²) in [5.41, 5.74) is 3.08. The van der Waals surface area contributed by atoms with Crippen molar-refractivity contribution in [1.29, 1.82) is 0 Å². The van der Waals surface area contributed by atoms with Crippen molar-refractivity contribution in [2.75, 3.05) is 5.32 Å². The van der Waals surface area contributed by atoms with Crippen LogP contribution in [0.25, 0.3) is 0 Å². The van der Waals surface area contributed by atoms with Crippen LogP contribution in [-0.2, 0) is 6.61 Å². The molecule has 0 aliphatic heterocycles. The Morgan fingerprint density at radius 1 is 0.973 bits per heavy atom. The van der Waals surface area contributed by atoms with Gasteiger partial charge in [-0.15, -0.1) is 0 Å². The SMILES string of the molecule is Cc1ccc(C)c(Oc2cc(NC(=O)c3ccc(COc4ccc(C(C)C)cc4)o3)cc([N+](=O)[O-])c2)c1. The van der Waals surface area contributed by atoms with Gasteiger partial charge in [0.15, 0.2) is 5.76 Å². The molecule has 3 aromatic carbocycles. The minimum atomic E-state index is -0.550. The van der Waals surface area contributed by atoms with Crippen LogP contribution >= 0.6 is 0 Å². The highest BCUT2D eigenvalue weighted by molar-refractivity contribution is 6.02. The molecule has 0 atom stereocenters. The largest absolute Gasteiger partial charge is 0.486 e. The van der Waals surface area contributed by atoms with Crippen molar-refractivity contribution < 1.29 is 23.6 Å². The number of hydrogen-bond donors (Lipinski definition) is 1. The number of nitrogens with zero attached hydrogens (tertiary/aromatic N) is 1. The first-order valence-electron chi connectivity index (χ1n) is 11.9. The molecular weight excluding hydrogens is 472 g/mol. The number of non-ortho nitro benzene ring substituents is 1. The number of nitro benzene ring substituents is 1. The number of hydrogen-bond acceptors (Lipinski definition) is 6. The van der Waals surface area contributed by atoms with E-state index in [9.17, 15) is 14.9 Å². The van der Waals surface area contributed by atoms with Crippen molar-refractivity contribution >= 4 is 17.3 Å². The van der Waals surface area contributed by atoms with Gasteiger partial charge in [-0.1, -0.05) is 38.1 Å². The van der Waals surface area contributed by atoms with Crippen molar-refractivity contribution in [2.24, 2.45) is 0 Å². The second-order valence-corrected chi connectivity index (χ2v) is 9.08. The standard InChI is InChI=1S/C29H28N2O6/c1-18(2)21-7-9-24(10-8-21)35-17-25-11-12-27(36-25)29(32)30-22-14-23(31(33)34)16-26(15-22)37-28-13-19(3)5-6-20(28)4/h5-16,18H,17H2,1-4H3,(H,30,32). The fraction of sp³-hybridized carbons (Fsp3) is 0.207. The van der Waals surface area contributed by atoms with Crippen molar-refractivity contribution in [3.05, 3.63) is 111 Å². The van der Waals surface area contributed by atoms with Gasteiger partial charge in [-0.05, 0) is 66.8 Å². The predicted octanol–water partition coefficient (Wildman–Crippen LogP) is 7.55. The summed E-state index contributed by atoms with van der Waals surface area (Å²) in [6.07, 6.45) is 0. The van der Waals surface area contributed by atoms with Crippen molar-refractivity contribution in [3.8, 4) is 17.2 Å². The molecule has 190 valence electrons. The van der Waals surface area contributed by atoms with Gasteiger partial charge in [0, 0.05) is 12.1 Å². The number of aryl methyl sites for hydroxylation is 2. The number of carbonyl (C=O) groups is 1. The molecule has 0 radical (unpaired) electrons. The van der Waals surface area contributed by atoms with E-state index in [0.29, 0.717) is 23.2 Å². The van der Waals surface area contributed by atoms with Crippen molar-refractivity contribution in [2.45, 2.75) is 40.2 Å². The van der Waals surface area contributed by atoms with Crippen LogP contribution in [0.2, 0.25) is 0 Å². The molecule has 0 aliphatic rings. The lowest BCUT2D eigenvalue weighted by Crippen LogP contribution is -2.11. The molecule has 0 saturated carbocycles. The second kappa shape index (κ2) is 11.0. The molecule has 1 aromatic heterocycles. The normalized spacial score (nSPS) is 10.8. The number of nitrogens with one attached hydrogen (secondary N) is 1. The monoisotopic (exact) mass is 500 g/mol. The van der Waals surface area contributed by atoms with Gasteiger partial charge >= 0.3 is 0 Å². The lowest BCUT2D eigenvalue weighted by molar-refractivity contribution is -0.384. The summed E-state index contributed by atoms with van der Waals surface area (Å²) >= 11 is 0. The van der Waals surface area contributed by atoms with E-state index in [0.717, 1.165) is 11.1 Å². The summed E-state index contributed by atoms with van der Waals surface area (Å²) in [4.78, 5) is 23.7. The molecule has 0 spiro atoms. The molecule has 0 bridgehead atoms. The van der Waals surface area contributed by atoms with Gasteiger partial charge < -0.3 is 19.2 Å². The van der Waals surface area contributed by atoms with E-state index >= 15 is 0 Å². The Morgan fingerprint density at radius 3 is 2.43 bits per heavy atom. The van der Waals surface area contributed by atoms with E-state index in [-0.39, 0.29) is 29.5 Å². The smallest absolute Gasteiger partial charge is 0.291 e. The highest BCUT2D eigenvalue weighted by Crippen LogP contribution is 2.32. The molecule has 4 rings (SSSR count). The topological polar surface area (TPSA) is 104 Å². The number of carbonyl (C=O) groups excluding carboxylic acids is 1. The Morgan fingerprint density at radius 2 is 1.73 bits per heavy atom. The summed E-state index contributed by atoms with van der Waals surface area (Å²) < 4.78 is 17.3. The number of ether oxygens (including phenoxy) is 2. The van der Waals surface area contributed by atoms with E-state index in [1.807, 2.05) is 56.3 Å². The molecule has 8 heteroatoms. The Labute approximate surface area is 215 Å². The lowest BCUT2D eigenvalue weighted by Gasteiger charge is -2.11. The van der Waals surface area contributed by atoms with E-state index in [1.54, 1.807) is 6.07 Å². The van der Waals surface area contributed by atoms with Crippen LogP contribution in [0.5, 0.6) is 17.2 Å². The Balaban J connectivity index is 1.45. The number of nitro groups is 1. The Bertz CT molecular complexity index is 1420. The lowest BCUT2D eigenvalue weighted by atomic mass is 10.0. The van der Waals surface area contributed by atoms with Crippen LogP contribution in [0.15, 0.2) is 77.2 Å². The summed E-state index contributed by atoms with van der Waals surface area (Å²) in [7, 11) is 0. The van der Waals surface area contributed by atoms with Crippen LogP contribution in [-0.4, -0.2) is 10.8 Å². The maximum atomic E-state index is 12.8. The summed E-state index contributed by atoms with van der Waals surface area (Å²) in [6, 6.07) is 20.8. The zero-order chi connectivity index (χ0) is 26.5. The summed E-state index contributed by atoms with van der Waals surface area (Å²) in [6.45, 7) is 8.21. The molecule has 0 saturated heterocycles. The molecule has 0 unspecified atom stereocenters. The van der Waals surface area contributed by atoms with Crippen LogP contribution in [0.3, 0.4) is 0 Å². The quantitative estimate of drug-likeness (QED) is 0.188. The average molecular weight is 501 g/mol. The first-order chi connectivity index (χ1) is 17.7. The predicted molar refractivity (Wildman–Crippen MR) is 141 cm³/mol. The number of rotatable bonds is 9.